The lowest BCUT2D eigenvalue weighted by Gasteiger charge is -2.23. The molecule has 9 nitrogen and oxygen atoms in total. The normalized spacial score (nSPS) is 12.0. The lowest BCUT2D eigenvalue weighted by molar-refractivity contribution is -0.123. The van der Waals surface area contributed by atoms with Crippen molar-refractivity contribution in [2.45, 2.75) is 26.4 Å². The second-order valence-corrected chi connectivity index (χ2v) is 11.9. The van der Waals surface area contributed by atoms with E-state index in [0.717, 1.165) is 22.9 Å². The van der Waals surface area contributed by atoms with Crippen molar-refractivity contribution in [3.05, 3.63) is 131 Å². The number of hydrazone groups is 1. The Morgan fingerprint density at radius 2 is 1.56 bits per heavy atom. The van der Waals surface area contributed by atoms with Crippen LogP contribution in [0.25, 0.3) is 0 Å². The highest BCUT2D eigenvalue weighted by molar-refractivity contribution is 7.92. The number of sulfonamides is 1. The second kappa shape index (κ2) is 14.3. The summed E-state index contributed by atoms with van der Waals surface area (Å²) in [7, 11) is -3.56. The summed E-state index contributed by atoms with van der Waals surface area (Å²) in [5.41, 5.74) is 6.86. The molecular weight excluding hydrogens is 564 g/mol. The molecule has 4 rings (SSSR count). The highest BCUT2D eigenvalue weighted by atomic mass is 32.2. The van der Waals surface area contributed by atoms with Gasteiger partial charge in [-0.25, -0.2) is 13.8 Å². The van der Waals surface area contributed by atoms with E-state index >= 15 is 0 Å². The first-order valence-electron chi connectivity index (χ1n) is 13.6. The highest BCUT2D eigenvalue weighted by Crippen LogP contribution is 2.22. The number of rotatable bonds is 12. The van der Waals surface area contributed by atoms with Crippen LogP contribution in [0.2, 0.25) is 0 Å². The Balaban J connectivity index is 1.28. The first-order valence-corrected chi connectivity index (χ1v) is 15.5. The molecule has 0 radical (unpaired) electrons. The van der Waals surface area contributed by atoms with E-state index in [-0.39, 0.29) is 25.1 Å². The van der Waals surface area contributed by atoms with Gasteiger partial charge in [-0.2, -0.15) is 5.10 Å². The van der Waals surface area contributed by atoms with Crippen molar-refractivity contribution in [1.82, 2.24) is 10.7 Å². The number of ether oxygens (including phenoxy) is 1. The second-order valence-electron chi connectivity index (χ2n) is 10.00. The number of hydrogen-bond donors (Lipinski definition) is 2. The lowest BCUT2D eigenvalue weighted by atomic mass is 10.1. The number of nitrogens with zero attached hydrogens (tertiary/aromatic N) is 2. The quantitative estimate of drug-likeness (QED) is 0.176. The van der Waals surface area contributed by atoms with Gasteiger partial charge in [0.15, 0.2) is 6.61 Å². The first kappa shape index (κ1) is 31.0. The standard InChI is InChI=1S/C33H34N4O5S/c1-24-9-7-8-12-29(24)22-37(43(3,40)41)30-17-15-28(16-18-30)33(39)36-34-21-26-13-19-31(20-14-26)42-23-32(38)35-25(2)27-10-5-4-6-11-27/h4-21,25H,22-23H2,1-3H3,(H,35,38)(H,36,39)/b34-21-/t25-/m0/s1. The molecule has 2 N–H and O–H groups in total. The summed E-state index contributed by atoms with van der Waals surface area (Å²) in [4.78, 5) is 24.8. The van der Waals surface area contributed by atoms with Gasteiger partial charge >= 0.3 is 0 Å². The van der Waals surface area contributed by atoms with E-state index in [1.807, 2.05) is 68.4 Å². The van der Waals surface area contributed by atoms with Gasteiger partial charge in [-0.05, 0) is 84.6 Å². The molecule has 0 aromatic heterocycles. The number of anilines is 1. The SMILES string of the molecule is Cc1ccccc1CN(c1ccc(C(=O)N/N=C\c2ccc(OCC(=O)N[C@@H](C)c3ccccc3)cc2)cc1)S(C)(=O)=O. The molecule has 4 aromatic carbocycles. The summed E-state index contributed by atoms with van der Waals surface area (Å²) < 4.78 is 31.9. The third kappa shape index (κ3) is 9.01. The van der Waals surface area contributed by atoms with E-state index in [1.54, 1.807) is 48.5 Å². The number of benzene rings is 4. The Bertz CT molecular complexity index is 1670. The first-order chi connectivity index (χ1) is 20.6. The van der Waals surface area contributed by atoms with Crippen LogP contribution in [-0.2, 0) is 21.4 Å². The van der Waals surface area contributed by atoms with Gasteiger partial charge in [0.2, 0.25) is 10.0 Å². The average molecular weight is 599 g/mol. The summed E-state index contributed by atoms with van der Waals surface area (Å²) >= 11 is 0. The minimum atomic E-state index is -3.56. The molecule has 2 amide bonds. The smallest absolute Gasteiger partial charge is 0.271 e. The molecule has 0 bridgehead atoms. The average Bonchev–Trinajstić information content (AvgIpc) is 3.00. The van der Waals surface area contributed by atoms with Crippen molar-refractivity contribution < 1.29 is 22.7 Å². The fourth-order valence-corrected chi connectivity index (χ4v) is 5.14. The van der Waals surface area contributed by atoms with Gasteiger partial charge < -0.3 is 10.1 Å². The van der Waals surface area contributed by atoms with Gasteiger partial charge in [-0.15, -0.1) is 0 Å². The lowest BCUT2D eigenvalue weighted by Crippen LogP contribution is -2.31. The number of hydrogen-bond acceptors (Lipinski definition) is 6. The summed E-state index contributed by atoms with van der Waals surface area (Å²) in [6, 6.07) is 30.4. The third-order valence-electron chi connectivity index (χ3n) is 6.70. The molecule has 0 saturated heterocycles. The van der Waals surface area contributed by atoms with E-state index < -0.39 is 15.9 Å². The number of aryl methyl sites for hydroxylation is 1. The van der Waals surface area contributed by atoms with Crippen LogP contribution in [-0.4, -0.2) is 39.3 Å². The summed E-state index contributed by atoms with van der Waals surface area (Å²) in [5.74, 6) is -0.147. The van der Waals surface area contributed by atoms with Crippen molar-refractivity contribution in [1.29, 1.82) is 0 Å². The summed E-state index contributed by atoms with van der Waals surface area (Å²) in [6.07, 6.45) is 2.64. The largest absolute Gasteiger partial charge is 0.484 e. The monoisotopic (exact) mass is 598 g/mol. The molecule has 4 aromatic rings. The van der Waals surface area contributed by atoms with Crippen molar-refractivity contribution in [3.63, 3.8) is 0 Å². The zero-order valence-corrected chi connectivity index (χ0v) is 25.0. The van der Waals surface area contributed by atoms with Gasteiger partial charge in [0, 0.05) is 5.56 Å². The predicted molar refractivity (Wildman–Crippen MR) is 169 cm³/mol. The van der Waals surface area contributed by atoms with Gasteiger partial charge in [0.1, 0.15) is 5.75 Å². The molecule has 1 atom stereocenters. The summed E-state index contributed by atoms with van der Waals surface area (Å²) in [6.45, 7) is 3.91. The minimum Gasteiger partial charge on any atom is -0.484 e. The van der Waals surface area contributed by atoms with E-state index in [4.69, 9.17) is 4.74 Å². The van der Waals surface area contributed by atoms with Crippen LogP contribution in [0.4, 0.5) is 5.69 Å². The number of amides is 2. The van der Waals surface area contributed by atoms with Gasteiger partial charge in [0.25, 0.3) is 11.8 Å². The molecule has 0 aliphatic heterocycles. The number of carbonyl (C=O) groups is 2. The van der Waals surface area contributed by atoms with Crippen LogP contribution in [0.1, 0.15) is 45.6 Å². The Hall–Kier alpha value is -4.96. The molecule has 0 fully saturated rings. The molecule has 0 heterocycles. The van der Waals surface area contributed by atoms with Crippen LogP contribution in [0.3, 0.4) is 0 Å². The van der Waals surface area contributed by atoms with Crippen LogP contribution in [0.15, 0.2) is 108 Å². The Morgan fingerprint density at radius 1 is 0.907 bits per heavy atom. The number of carbonyl (C=O) groups excluding carboxylic acids is 2. The highest BCUT2D eigenvalue weighted by Gasteiger charge is 2.19. The maximum Gasteiger partial charge on any atom is 0.271 e. The fourth-order valence-electron chi connectivity index (χ4n) is 4.26. The van der Waals surface area contributed by atoms with Crippen LogP contribution >= 0.6 is 0 Å². The molecule has 43 heavy (non-hydrogen) atoms. The molecule has 0 aliphatic rings. The van der Waals surface area contributed by atoms with Gasteiger partial charge in [0.05, 0.1) is 30.7 Å². The molecule has 222 valence electrons. The van der Waals surface area contributed by atoms with Crippen molar-refractivity contribution in [2.24, 2.45) is 5.10 Å². The van der Waals surface area contributed by atoms with Crippen molar-refractivity contribution in [3.8, 4) is 5.75 Å². The Labute approximate surface area is 252 Å². The fraction of sp³-hybridized carbons (Fsp3) is 0.182. The van der Waals surface area contributed by atoms with Crippen molar-refractivity contribution in [2.75, 3.05) is 17.2 Å². The van der Waals surface area contributed by atoms with Crippen LogP contribution in [0, 0.1) is 6.92 Å². The molecular formula is C33H34N4O5S. The third-order valence-corrected chi connectivity index (χ3v) is 7.84. The van der Waals surface area contributed by atoms with Gasteiger partial charge in [-0.3, -0.25) is 13.9 Å². The molecule has 10 heteroatoms. The van der Waals surface area contributed by atoms with Crippen molar-refractivity contribution >= 4 is 33.7 Å². The topological polar surface area (TPSA) is 117 Å². The molecule has 0 spiro atoms. The molecule has 0 saturated carbocycles. The van der Waals surface area contributed by atoms with Crippen LogP contribution < -0.4 is 19.8 Å². The maximum atomic E-state index is 12.6. The van der Waals surface area contributed by atoms with E-state index in [1.165, 1.54) is 10.5 Å². The van der Waals surface area contributed by atoms with Crippen LogP contribution in [0.5, 0.6) is 5.75 Å². The van der Waals surface area contributed by atoms with E-state index in [9.17, 15) is 18.0 Å². The Morgan fingerprint density at radius 3 is 2.21 bits per heavy atom. The molecule has 0 unspecified atom stereocenters. The summed E-state index contributed by atoms with van der Waals surface area (Å²) in [5, 5.41) is 6.91. The zero-order valence-electron chi connectivity index (χ0n) is 24.2. The van der Waals surface area contributed by atoms with E-state index in [0.29, 0.717) is 22.6 Å². The predicted octanol–water partition coefficient (Wildman–Crippen LogP) is 4.98. The maximum absolute atomic E-state index is 12.6. The Kier molecular flexibility index (Phi) is 10.3. The molecule has 0 aliphatic carbocycles. The minimum absolute atomic E-state index is 0.118. The zero-order chi connectivity index (χ0) is 30.8. The number of nitrogens with one attached hydrogen (secondary N) is 2. The van der Waals surface area contributed by atoms with Gasteiger partial charge in [-0.1, -0.05) is 54.6 Å². The van der Waals surface area contributed by atoms with E-state index in [2.05, 4.69) is 15.8 Å².